The highest BCUT2D eigenvalue weighted by Gasteiger charge is 2.57. The molecule has 2 aliphatic rings. The molecule has 7 nitrogen and oxygen atoms in total. The van der Waals surface area contributed by atoms with Gasteiger partial charge in [-0.3, -0.25) is 9.69 Å². The van der Waals surface area contributed by atoms with Crippen LogP contribution in [0.5, 0.6) is 0 Å². The second-order valence-electron chi connectivity index (χ2n) is 6.49. The second-order valence-corrected chi connectivity index (χ2v) is 6.49. The summed E-state index contributed by atoms with van der Waals surface area (Å²) in [6.45, 7) is 4.73. The first-order valence-electron chi connectivity index (χ1n) is 7.73. The molecule has 2 fully saturated rings. The van der Waals surface area contributed by atoms with Crippen LogP contribution in [0.4, 0.5) is 4.79 Å². The molecule has 2 amide bonds. The third-order valence-corrected chi connectivity index (χ3v) is 4.69. The average molecular weight is 312 g/mol. The van der Waals surface area contributed by atoms with E-state index < -0.39 is 23.6 Å². The molecule has 1 N–H and O–H groups in total. The Morgan fingerprint density at radius 1 is 1.32 bits per heavy atom. The Morgan fingerprint density at radius 2 is 2.00 bits per heavy atom. The van der Waals surface area contributed by atoms with Crippen molar-refractivity contribution < 1.29 is 24.2 Å². The summed E-state index contributed by atoms with van der Waals surface area (Å²) in [5.41, 5.74) is -0.977. The van der Waals surface area contributed by atoms with Crippen LogP contribution in [0.2, 0.25) is 0 Å². The highest BCUT2D eigenvalue weighted by molar-refractivity contribution is 5.95. The summed E-state index contributed by atoms with van der Waals surface area (Å²) in [7, 11) is 1.31. The maximum atomic E-state index is 12.9. The summed E-state index contributed by atoms with van der Waals surface area (Å²) in [6.07, 6.45) is 1.11. The smallest absolute Gasteiger partial charge is 0.408 e. The molecule has 2 rings (SSSR count). The molecule has 0 aromatic rings. The fourth-order valence-electron chi connectivity index (χ4n) is 3.65. The minimum atomic E-state index is -1.06. The van der Waals surface area contributed by atoms with E-state index in [1.807, 2.05) is 13.8 Å². The van der Waals surface area contributed by atoms with E-state index in [9.17, 15) is 19.5 Å². The van der Waals surface area contributed by atoms with Gasteiger partial charge in [0, 0.05) is 13.1 Å². The number of carboxylic acid groups (broad SMARTS) is 1. The van der Waals surface area contributed by atoms with Gasteiger partial charge in [-0.25, -0.2) is 9.59 Å². The first-order chi connectivity index (χ1) is 10.3. The van der Waals surface area contributed by atoms with Crippen LogP contribution in [0.15, 0.2) is 0 Å². The predicted molar refractivity (Wildman–Crippen MR) is 78.3 cm³/mol. The number of carbonyl (C=O) groups is 3. The molecule has 2 saturated heterocycles. The van der Waals surface area contributed by atoms with Crippen molar-refractivity contribution in [1.82, 2.24) is 9.80 Å². The molecule has 0 unspecified atom stereocenters. The Bertz CT molecular complexity index is 479. The van der Waals surface area contributed by atoms with Gasteiger partial charge in [0.1, 0.15) is 11.6 Å². The van der Waals surface area contributed by atoms with Gasteiger partial charge in [0.15, 0.2) is 0 Å². The highest BCUT2D eigenvalue weighted by Crippen LogP contribution is 2.40. The van der Waals surface area contributed by atoms with Crippen molar-refractivity contribution in [1.29, 1.82) is 0 Å². The van der Waals surface area contributed by atoms with Crippen molar-refractivity contribution in [2.24, 2.45) is 5.92 Å². The van der Waals surface area contributed by atoms with E-state index in [0.717, 1.165) is 0 Å². The van der Waals surface area contributed by atoms with Gasteiger partial charge in [-0.15, -0.1) is 0 Å². The molecule has 0 saturated carbocycles. The van der Waals surface area contributed by atoms with Crippen LogP contribution in [0.3, 0.4) is 0 Å². The third-order valence-electron chi connectivity index (χ3n) is 4.69. The summed E-state index contributed by atoms with van der Waals surface area (Å²) in [5, 5.41) is 9.35. The molecular weight excluding hydrogens is 288 g/mol. The Hall–Kier alpha value is -1.79. The molecule has 1 spiro atoms. The van der Waals surface area contributed by atoms with Crippen LogP contribution < -0.4 is 0 Å². The summed E-state index contributed by atoms with van der Waals surface area (Å²) >= 11 is 0. The Morgan fingerprint density at radius 3 is 2.55 bits per heavy atom. The van der Waals surface area contributed by atoms with Gasteiger partial charge < -0.3 is 14.7 Å². The summed E-state index contributed by atoms with van der Waals surface area (Å²) in [5.74, 6) is -0.449. The zero-order chi connectivity index (χ0) is 16.5. The van der Waals surface area contributed by atoms with Crippen LogP contribution in [0.25, 0.3) is 0 Å². The zero-order valence-electron chi connectivity index (χ0n) is 13.4. The maximum absolute atomic E-state index is 12.9. The van der Waals surface area contributed by atoms with Crippen LogP contribution in [0, 0.1) is 5.92 Å². The molecule has 124 valence electrons. The Balaban J connectivity index is 2.25. The van der Waals surface area contributed by atoms with E-state index in [1.54, 1.807) is 0 Å². The van der Waals surface area contributed by atoms with Crippen molar-refractivity contribution in [3.63, 3.8) is 0 Å². The molecule has 2 atom stereocenters. The summed E-state index contributed by atoms with van der Waals surface area (Å²) in [4.78, 5) is 39.1. The quantitative estimate of drug-likeness (QED) is 0.791. The van der Waals surface area contributed by atoms with E-state index in [1.165, 1.54) is 16.9 Å². The lowest BCUT2D eigenvalue weighted by molar-refractivity contribution is -0.153. The third kappa shape index (κ3) is 2.64. The van der Waals surface area contributed by atoms with Crippen LogP contribution in [-0.4, -0.2) is 64.7 Å². The van der Waals surface area contributed by atoms with Crippen molar-refractivity contribution in [2.75, 3.05) is 20.2 Å². The molecule has 0 aromatic carbocycles. The number of methoxy groups -OCH3 is 1. The van der Waals surface area contributed by atoms with E-state index in [4.69, 9.17) is 4.74 Å². The van der Waals surface area contributed by atoms with Gasteiger partial charge in [-0.1, -0.05) is 13.8 Å². The first-order valence-corrected chi connectivity index (χ1v) is 7.73. The molecule has 2 aliphatic heterocycles. The number of amides is 2. The van der Waals surface area contributed by atoms with Crippen LogP contribution in [-0.2, 0) is 14.3 Å². The number of ether oxygens (including phenoxy) is 1. The monoisotopic (exact) mass is 312 g/mol. The largest absolute Gasteiger partial charge is 0.467 e. The fourth-order valence-corrected chi connectivity index (χ4v) is 3.65. The summed E-state index contributed by atoms with van der Waals surface area (Å²) < 4.78 is 4.84. The van der Waals surface area contributed by atoms with Gasteiger partial charge in [0.25, 0.3) is 0 Å². The molecule has 7 heteroatoms. The number of rotatable bonds is 4. The molecule has 0 aliphatic carbocycles. The summed E-state index contributed by atoms with van der Waals surface area (Å²) in [6, 6.07) is -0.631. The first kappa shape index (κ1) is 16.6. The molecule has 0 bridgehead atoms. The van der Waals surface area contributed by atoms with Crippen molar-refractivity contribution in [3.8, 4) is 0 Å². The van der Waals surface area contributed by atoms with Gasteiger partial charge in [0.05, 0.1) is 7.11 Å². The Kier molecular flexibility index (Phi) is 4.63. The molecule has 0 radical (unpaired) electrons. The Labute approximate surface area is 130 Å². The van der Waals surface area contributed by atoms with E-state index in [-0.39, 0.29) is 11.8 Å². The van der Waals surface area contributed by atoms with Gasteiger partial charge in [0.2, 0.25) is 5.91 Å². The topological polar surface area (TPSA) is 87.2 Å². The van der Waals surface area contributed by atoms with E-state index in [0.29, 0.717) is 38.8 Å². The van der Waals surface area contributed by atoms with Crippen molar-refractivity contribution in [2.45, 2.75) is 51.1 Å². The van der Waals surface area contributed by atoms with Gasteiger partial charge >= 0.3 is 12.1 Å². The van der Waals surface area contributed by atoms with E-state index in [2.05, 4.69) is 0 Å². The fraction of sp³-hybridized carbons (Fsp3) is 0.800. The minimum absolute atomic E-state index is 0.229. The molecule has 0 aromatic heterocycles. The number of hydrogen-bond acceptors (Lipinski definition) is 4. The van der Waals surface area contributed by atoms with Crippen LogP contribution >= 0.6 is 0 Å². The number of likely N-dealkylation sites (tertiary alicyclic amines) is 2. The van der Waals surface area contributed by atoms with Gasteiger partial charge in [-0.05, 0) is 31.6 Å². The zero-order valence-corrected chi connectivity index (χ0v) is 13.4. The maximum Gasteiger partial charge on any atom is 0.408 e. The van der Waals surface area contributed by atoms with Crippen molar-refractivity contribution >= 4 is 18.0 Å². The predicted octanol–water partition coefficient (Wildman–Crippen LogP) is 1.32. The number of nitrogens with zero attached hydrogens (tertiary/aromatic N) is 2. The SMILES string of the molecule is COC(=O)[C@@H](CC(C)C)N1CC[C@@]2(CCCN2C(=O)O)C1=O. The lowest BCUT2D eigenvalue weighted by atomic mass is 9.94. The molecule has 22 heavy (non-hydrogen) atoms. The standard InChI is InChI=1S/C15H24N2O5/c1-10(2)9-11(12(18)22-3)16-8-6-15(13(16)19)5-4-7-17(15)14(20)21/h10-11H,4-9H2,1-3H3,(H,20,21)/t11-,15+/m1/s1. The van der Waals surface area contributed by atoms with Crippen LogP contribution in [0.1, 0.15) is 39.5 Å². The lowest BCUT2D eigenvalue weighted by Gasteiger charge is -2.33. The molecular formula is C15H24N2O5. The number of esters is 1. The van der Waals surface area contributed by atoms with Gasteiger partial charge in [-0.2, -0.15) is 0 Å². The average Bonchev–Trinajstić information content (AvgIpc) is 3.02. The second kappa shape index (κ2) is 6.14. The normalized spacial score (nSPS) is 26.1. The number of hydrogen-bond donors (Lipinski definition) is 1. The molecule has 2 heterocycles. The van der Waals surface area contributed by atoms with E-state index >= 15 is 0 Å². The minimum Gasteiger partial charge on any atom is -0.467 e. The highest BCUT2D eigenvalue weighted by atomic mass is 16.5. The number of carbonyl (C=O) groups excluding carboxylic acids is 2. The van der Waals surface area contributed by atoms with Crippen molar-refractivity contribution in [3.05, 3.63) is 0 Å². The lowest BCUT2D eigenvalue weighted by Crippen LogP contribution is -2.54.